The predicted octanol–water partition coefficient (Wildman–Crippen LogP) is 3.93. The number of nitrogens with zero attached hydrogens (tertiary/aromatic N) is 1. The smallest absolute Gasteiger partial charge is 0.255 e. The topological polar surface area (TPSA) is 20.3 Å². The summed E-state index contributed by atoms with van der Waals surface area (Å²) < 4.78 is 0.858. The Morgan fingerprint density at radius 2 is 2.24 bits per heavy atom. The monoisotopic (exact) mass is 335 g/mol. The molecule has 0 bridgehead atoms. The summed E-state index contributed by atoms with van der Waals surface area (Å²) in [7, 11) is 1.81. The van der Waals surface area contributed by atoms with E-state index in [-0.39, 0.29) is 11.9 Å². The highest BCUT2D eigenvalue weighted by atomic mass is 79.9. The van der Waals surface area contributed by atoms with Gasteiger partial charge < -0.3 is 4.90 Å². The maximum atomic E-state index is 12.2. The summed E-state index contributed by atoms with van der Waals surface area (Å²) >= 11 is 11.1. The van der Waals surface area contributed by atoms with Crippen LogP contribution in [0.15, 0.2) is 22.7 Å². The second kappa shape index (κ2) is 6.66. The Kier molecular flexibility index (Phi) is 5.83. The van der Waals surface area contributed by atoms with Crippen LogP contribution in [0.3, 0.4) is 0 Å². The van der Waals surface area contributed by atoms with Crippen LogP contribution in [0.1, 0.15) is 17.3 Å². The molecule has 94 valence electrons. The standard InChI is InChI=1S/C12H15BrClNOS/c1-8(7-17-3)15(2)12(16)10-6-9(13)4-5-11(10)14/h4-6,8H,7H2,1-3H3. The van der Waals surface area contributed by atoms with Gasteiger partial charge in [-0.15, -0.1) is 0 Å². The third kappa shape index (κ3) is 3.90. The minimum Gasteiger partial charge on any atom is -0.338 e. The number of amides is 1. The average Bonchev–Trinajstić information content (AvgIpc) is 2.30. The summed E-state index contributed by atoms with van der Waals surface area (Å²) in [6, 6.07) is 5.50. The molecule has 0 saturated carbocycles. The molecule has 0 saturated heterocycles. The number of carbonyl (C=O) groups is 1. The van der Waals surface area contributed by atoms with Gasteiger partial charge in [0.05, 0.1) is 10.6 Å². The second-order valence-electron chi connectivity index (χ2n) is 3.84. The average molecular weight is 337 g/mol. The van der Waals surface area contributed by atoms with Crippen molar-refractivity contribution in [2.24, 2.45) is 0 Å². The Balaban J connectivity index is 2.92. The molecule has 1 unspecified atom stereocenters. The van der Waals surface area contributed by atoms with E-state index in [1.807, 2.05) is 19.2 Å². The van der Waals surface area contributed by atoms with E-state index < -0.39 is 0 Å². The van der Waals surface area contributed by atoms with Gasteiger partial charge in [0, 0.05) is 23.3 Å². The van der Waals surface area contributed by atoms with E-state index in [9.17, 15) is 4.79 Å². The van der Waals surface area contributed by atoms with E-state index in [0.717, 1.165) is 10.2 Å². The number of benzene rings is 1. The van der Waals surface area contributed by atoms with Gasteiger partial charge >= 0.3 is 0 Å². The van der Waals surface area contributed by atoms with Gasteiger partial charge in [-0.25, -0.2) is 0 Å². The van der Waals surface area contributed by atoms with Gasteiger partial charge in [-0.3, -0.25) is 4.79 Å². The molecule has 0 aliphatic heterocycles. The number of hydrogen-bond acceptors (Lipinski definition) is 2. The zero-order valence-corrected chi connectivity index (χ0v) is 13.2. The summed E-state index contributed by atoms with van der Waals surface area (Å²) in [6.07, 6.45) is 2.03. The lowest BCUT2D eigenvalue weighted by Gasteiger charge is -2.24. The van der Waals surface area contributed by atoms with E-state index in [2.05, 4.69) is 15.9 Å². The summed E-state index contributed by atoms with van der Waals surface area (Å²) in [4.78, 5) is 14.0. The van der Waals surface area contributed by atoms with Crippen molar-refractivity contribution in [3.05, 3.63) is 33.3 Å². The highest BCUT2D eigenvalue weighted by Crippen LogP contribution is 2.23. The third-order valence-corrected chi connectivity index (χ3v) is 4.19. The molecule has 0 heterocycles. The van der Waals surface area contributed by atoms with Gasteiger partial charge in [0.1, 0.15) is 0 Å². The van der Waals surface area contributed by atoms with E-state index in [1.165, 1.54) is 0 Å². The quantitative estimate of drug-likeness (QED) is 0.830. The molecule has 1 amide bonds. The van der Waals surface area contributed by atoms with Crippen LogP contribution >= 0.6 is 39.3 Å². The van der Waals surface area contributed by atoms with Crippen molar-refractivity contribution in [3.8, 4) is 0 Å². The van der Waals surface area contributed by atoms with Gasteiger partial charge in [-0.1, -0.05) is 27.5 Å². The lowest BCUT2D eigenvalue weighted by molar-refractivity contribution is 0.0757. The molecule has 0 aliphatic carbocycles. The Labute approximate surface area is 120 Å². The molecule has 0 radical (unpaired) electrons. The van der Waals surface area contributed by atoms with Crippen molar-refractivity contribution in [2.45, 2.75) is 13.0 Å². The molecule has 2 nitrogen and oxygen atoms in total. The van der Waals surface area contributed by atoms with Crippen LogP contribution in [0.4, 0.5) is 0 Å². The Morgan fingerprint density at radius 3 is 2.82 bits per heavy atom. The van der Waals surface area contributed by atoms with Gasteiger partial charge in [-0.2, -0.15) is 11.8 Å². The van der Waals surface area contributed by atoms with Gasteiger partial charge in [-0.05, 0) is 31.4 Å². The van der Waals surface area contributed by atoms with Gasteiger partial charge in [0.15, 0.2) is 0 Å². The number of carbonyl (C=O) groups excluding carboxylic acids is 1. The van der Waals surface area contributed by atoms with E-state index >= 15 is 0 Å². The molecule has 1 aromatic rings. The molecule has 17 heavy (non-hydrogen) atoms. The molecule has 0 aromatic heterocycles. The Hall–Kier alpha value is -0.190. The molecular formula is C12H15BrClNOS. The summed E-state index contributed by atoms with van der Waals surface area (Å²) in [5.74, 6) is 0.867. The van der Waals surface area contributed by atoms with Crippen LogP contribution < -0.4 is 0 Å². The zero-order valence-electron chi connectivity index (χ0n) is 10.0. The van der Waals surface area contributed by atoms with Crippen LogP contribution in [0.2, 0.25) is 5.02 Å². The highest BCUT2D eigenvalue weighted by Gasteiger charge is 2.19. The first-order valence-electron chi connectivity index (χ1n) is 5.18. The molecule has 1 rings (SSSR count). The van der Waals surface area contributed by atoms with E-state index in [1.54, 1.807) is 35.8 Å². The molecule has 1 aromatic carbocycles. The second-order valence-corrected chi connectivity index (χ2v) is 6.08. The van der Waals surface area contributed by atoms with Crippen LogP contribution in [0.25, 0.3) is 0 Å². The van der Waals surface area contributed by atoms with Crippen molar-refractivity contribution < 1.29 is 4.79 Å². The number of thioether (sulfide) groups is 1. The number of rotatable bonds is 4. The Bertz CT molecular complexity index is 413. The van der Waals surface area contributed by atoms with Crippen molar-refractivity contribution in [1.29, 1.82) is 0 Å². The van der Waals surface area contributed by atoms with Crippen molar-refractivity contribution in [3.63, 3.8) is 0 Å². The summed E-state index contributed by atoms with van der Waals surface area (Å²) in [6.45, 7) is 2.03. The van der Waals surface area contributed by atoms with Gasteiger partial charge in [0.2, 0.25) is 0 Å². The first-order valence-corrected chi connectivity index (χ1v) is 7.75. The minimum absolute atomic E-state index is 0.0437. The van der Waals surface area contributed by atoms with Crippen molar-refractivity contribution in [2.75, 3.05) is 19.1 Å². The predicted molar refractivity (Wildman–Crippen MR) is 79.1 cm³/mol. The maximum Gasteiger partial charge on any atom is 0.255 e. The number of halogens is 2. The maximum absolute atomic E-state index is 12.2. The van der Waals surface area contributed by atoms with Crippen LogP contribution in [0.5, 0.6) is 0 Å². The minimum atomic E-state index is -0.0437. The summed E-state index contributed by atoms with van der Waals surface area (Å²) in [5, 5.41) is 0.487. The Morgan fingerprint density at radius 1 is 1.59 bits per heavy atom. The van der Waals surface area contributed by atoms with E-state index in [0.29, 0.717) is 10.6 Å². The largest absolute Gasteiger partial charge is 0.338 e. The third-order valence-electron chi connectivity index (χ3n) is 2.55. The summed E-state index contributed by atoms with van der Waals surface area (Å²) in [5.41, 5.74) is 0.538. The lowest BCUT2D eigenvalue weighted by atomic mass is 10.2. The highest BCUT2D eigenvalue weighted by molar-refractivity contribution is 9.10. The van der Waals surface area contributed by atoms with Crippen LogP contribution in [-0.2, 0) is 0 Å². The normalized spacial score (nSPS) is 12.3. The fourth-order valence-corrected chi connectivity index (χ4v) is 2.67. The zero-order chi connectivity index (χ0) is 13.0. The molecule has 0 fully saturated rings. The first kappa shape index (κ1) is 14.9. The fraction of sp³-hybridized carbons (Fsp3) is 0.417. The van der Waals surface area contributed by atoms with Gasteiger partial charge in [0.25, 0.3) is 5.91 Å². The fourth-order valence-electron chi connectivity index (χ4n) is 1.40. The molecular weight excluding hydrogens is 322 g/mol. The van der Waals surface area contributed by atoms with Crippen molar-refractivity contribution in [1.82, 2.24) is 4.90 Å². The molecule has 0 N–H and O–H groups in total. The van der Waals surface area contributed by atoms with Crippen molar-refractivity contribution >= 4 is 45.2 Å². The SMILES string of the molecule is CSCC(C)N(C)C(=O)c1cc(Br)ccc1Cl. The molecule has 1 atom stereocenters. The van der Waals surface area contributed by atoms with Crippen LogP contribution in [-0.4, -0.2) is 35.9 Å². The number of hydrogen-bond donors (Lipinski definition) is 0. The van der Waals surface area contributed by atoms with E-state index in [4.69, 9.17) is 11.6 Å². The van der Waals surface area contributed by atoms with Crippen LogP contribution in [0, 0.1) is 0 Å². The first-order chi connectivity index (χ1) is 7.97. The molecule has 5 heteroatoms. The molecule has 0 spiro atoms. The lowest BCUT2D eigenvalue weighted by Crippen LogP contribution is -2.36. The molecule has 0 aliphatic rings.